The predicted molar refractivity (Wildman–Crippen MR) is 107 cm³/mol. The van der Waals surface area contributed by atoms with E-state index in [9.17, 15) is 26.7 Å². The van der Waals surface area contributed by atoms with Gasteiger partial charge in [0.1, 0.15) is 17.3 Å². The molecule has 158 valence electrons. The Morgan fingerprint density at radius 2 is 1.71 bits per heavy atom. The first-order chi connectivity index (χ1) is 14.7. The van der Waals surface area contributed by atoms with Crippen LogP contribution in [0.2, 0.25) is 5.02 Å². The predicted octanol–water partition coefficient (Wildman–Crippen LogP) is 6.06. The first-order valence-corrected chi connectivity index (χ1v) is 9.34. The third-order valence-electron chi connectivity index (χ3n) is 4.76. The molecule has 9 heteroatoms. The zero-order chi connectivity index (χ0) is 22.3. The highest BCUT2D eigenvalue weighted by Gasteiger charge is 2.34. The maximum atomic E-state index is 14.2. The Morgan fingerprint density at radius 3 is 2.42 bits per heavy atom. The first kappa shape index (κ1) is 21.0. The lowest BCUT2D eigenvalue weighted by molar-refractivity contribution is -0.137. The van der Waals surface area contributed by atoms with Crippen molar-refractivity contribution in [2.75, 3.05) is 0 Å². The minimum Gasteiger partial charge on any atom is -0.287 e. The topological polar surface area (TPSA) is 34.9 Å². The Labute approximate surface area is 177 Å². The van der Waals surface area contributed by atoms with Gasteiger partial charge in [-0.05, 0) is 24.3 Å². The van der Waals surface area contributed by atoms with Crippen LogP contribution < -0.4 is 5.43 Å². The fourth-order valence-corrected chi connectivity index (χ4v) is 3.60. The number of benzene rings is 3. The van der Waals surface area contributed by atoms with Gasteiger partial charge >= 0.3 is 6.18 Å². The molecule has 0 fully saturated rings. The Balaban J connectivity index is 1.97. The molecule has 0 N–H and O–H groups in total. The van der Waals surface area contributed by atoms with Crippen LogP contribution in [0.5, 0.6) is 0 Å². The molecule has 0 atom stereocenters. The zero-order valence-electron chi connectivity index (χ0n) is 15.6. The third-order valence-corrected chi connectivity index (χ3v) is 5.16. The van der Waals surface area contributed by atoms with Crippen LogP contribution in [0, 0.1) is 11.6 Å². The number of fused-ring (bicyclic) bond motifs is 1. The van der Waals surface area contributed by atoms with E-state index in [-0.39, 0.29) is 28.8 Å². The Morgan fingerprint density at radius 1 is 0.968 bits per heavy atom. The largest absolute Gasteiger partial charge is 0.417 e. The molecule has 0 aliphatic carbocycles. The normalized spacial score (nSPS) is 11.8. The molecule has 1 aromatic heterocycles. The van der Waals surface area contributed by atoms with Gasteiger partial charge in [0.05, 0.1) is 22.6 Å². The smallest absolute Gasteiger partial charge is 0.287 e. The van der Waals surface area contributed by atoms with Crippen LogP contribution in [-0.4, -0.2) is 9.78 Å². The molecule has 0 saturated carbocycles. The molecule has 3 aromatic carbocycles. The summed E-state index contributed by atoms with van der Waals surface area (Å²) in [6.07, 6.45) is -4.72. The molecular formula is C22H12ClF5N2O. The zero-order valence-corrected chi connectivity index (χ0v) is 16.3. The highest BCUT2D eigenvalue weighted by atomic mass is 35.5. The van der Waals surface area contributed by atoms with Crippen molar-refractivity contribution in [1.29, 1.82) is 0 Å². The molecule has 0 aliphatic rings. The number of alkyl halides is 3. The molecule has 4 rings (SSSR count). The summed E-state index contributed by atoms with van der Waals surface area (Å²) in [4.78, 5) is 13.0. The second-order valence-electron chi connectivity index (χ2n) is 6.75. The lowest BCUT2D eigenvalue weighted by atomic mass is 10.0. The maximum Gasteiger partial charge on any atom is 0.417 e. The molecular weight excluding hydrogens is 439 g/mol. The summed E-state index contributed by atoms with van der Waals surface area (Å²) < 4.78 is 68.6. The summed E-state index contributed by atoms with van der Waals surface area (Å²) >= 11 is 6.00. The Hall–Kier alpha value is -3.26. The minimum atomic E-state index is -4.72. The average Bonchev–Trinajstić information content (AvgIpc) is 2.71. The second-order valence-corrected chi connectivity index (χ2v) is 7.13. The lowest BCUT2D eigenvalue weighted by Crippen LogP contribution is -2.18. The Kier molecular flexibility index (Phi) is 5.26. The molecule has 31 heavy (non-hydrogen) atoms. The van der Waals surface area contributed by atoms with Crippen molar-refractivity contribution < 1.29 is 22.0 Å². The van der Waals surface area contributed by atoms with Crippen LogP contribution in [0.25, 0.3) is 22.2 Å². The molecule has 0 amide bonds. The minimum absolute atomic E-state index is 0.0868. The van der Waals surface area contributed by atoms with Crippen LogP contribution in [0.15, 0.2) is 65.5 Å². The highest BCUT2D eigenvalue weighted by Crippen LogP contribution is 2.38. The van der Waals surface area contributed by atoms with Crippen LogP contribution in [0.1, 0.15) is 11.1 Å². The SMILES string of the molecule is O=c1c(-c2cccc(C(F)(F)F)c2Cl)nn(Cc2ccc(F)cc2F)c2ccccc12. The Bertz CT molecular complexity index is 1360. The van der Waals surface area contributed by atoms with Crippen LogP contribution in [0.4, 0.5) is 22.0 Å². The van der Waals surface area contributed by atoms with E-state index in [1.54, 1.807) is 18.2 Å². The van der Waals surface area contributed by atoms with Crippen molar-refractivity contribution >= 4 is 22.5 Å². The van der Waals surface area contributed by atoms with Crippen molar-refractivity contribution in [1.82, 2.24) is 9.78 Å². The lowest BCUT2D eigenvalue weighted by Gasteiger charge is -2.15. The molecule has 3 nitrogen and oxygen atoms in total. The molecule has 0 spiro atoms. The molecule has 0 radical (unpaired) electrons. The molecule has 0 unspecified atom stereocenters. The number of para-hydroxylation sites is 1. The fraction of sp³-hybridized carbons (Fsp3) is 0.0909. The van der Waals surface area contributed by atoms with E-state index in [0.717, 1.165) is 18.2 Å². The van der Waals surface area contributed by atoms with E-state index in [1.165, 1.54) is 22.9 Å². The van der Waals surface area contributed by atoms with E-state index >= 15 is 0 Å². The number of nitrogens with zero attached hydrogens (tertiary/aromatic N) is 2. The average molecular weight is 451 g/mol. The van der Waals surface area contributed by atoms with Crippen molar-refractivity contribution in [3.8, 4) is 11.3 Å². The highest BCUT2D eigenvalue weighted by molar-refractivity contribution is 6.34. The van der Waals surface area contributed by atoms with Crippen LogP contribution >= 0.6 is 11.6 Å². The van der Waals surface area contributed by atoms with E-state index in [2.05, 4.69) is 5.10 Å². The van der Waals surface area contributed by atoms with Crippen molar-refractivity contribution in [3.63, 3.8) is 0 Å². The number of aromatic nitrogens is 2. The van der Waals surface area contributed by atoms with Gasteiger partial charge in [-0.25, -0.2) is 8.78 Å². The summed E-state index contributed by atoms with van der Waals surface area (Å²) in [5.41, 5.74) is -1.80. The number of rotatable bonds is 3. The van der Waals surface area contributed by atoms with E-state index in [0.29, 0.717) is 11.6 Å². The van der Waals surface area contributed by atoms with Crippen LogP contribution in [-0.2, 0) is 12.7 Å². The maximum absolute atomic E-state index is 14.2. The van der Waals surface area contributed by atoms with Gasteiger partial charge in [-0.1, -0.05) is 41.9 Å². The van der Waals surface area contributed by atoms with E-state index in [1.807, 2.05) is 0 Å². The van der Waals surface area contributed by atoms with E-state index < -0.39 is 33.8 Å². The summed E-state index contributed by atoms with van der Waals surface area (Å²) in [7, 11) is 0. The van der Waals surface area contributed by atoms with Gasteiger partial charge in [0, 0.05) is 22.6 Å². The standard InChI is InChI=1S/C22H12ClF5N2O/c23-19-15(5-3-6-16(19)22(26,27)28)20-21(31)14-4-1-2-7-18(14)30(29-20)11-12-8-9-13(24)10-17(12)25/h1-10H,11H2. The van der Waals surface area contributed by atoms with Gasteiger partial charge in [-0.2, -0.15) is 18.3 Å². The molecule has 1 heterocycles. The number of hydrogen-bond donors (Lipinski definition) is 0. The number of hydrogen-bond acceptors (Lipinski definition) is 2. The van der Waals surface area contributed by atoms with Gasteiger partial charge in [0.2, 0.25) is 5.43 Å². The molecule has 0 bridgehead atoms. The third kappa shape index (κ3) is 3.90. The quantitative estimate of drug-likeness (QED) is 0.355. The molecule has 0 aliphatic heterocycles. The van der Waals surface area contributed by atoms with Crippen molar-refractivity contribution in [2.24, 2.45) is 0 Å². The number of halogens is 6. The summed E-state index contributed by atoms with van der Waals surface area (Å²) in [6, 6.07) is 12.5. The summed E-state index contributed by atoms with van der Waals surface area (Å²) in [5, 5.41) is 3.72. The van der Waals surface area contributed by atoms with Gasteiger partial charge in [-0.3, -0.25) is 9.48 Å². The van der Waals surface area contributed by atoms with Gasteiger partial charge in [0.15, 0.2) is 0 Å². The van der Waals surface area contributed by atoms with Gasteiger partial charge < -0.3 is 0 Å². The molecule has 0 saturated heterocycles. The molecule has 4 aromatic rings. The monoisotopic (exact) mass is 450 g/mol. The van der Waals surface area contributed by atoms with E-state index in [4.69, 9.17) is 11.6 Å². The van der Waals surface area contributed by atoms with Gasteiger partial charge in [-0.15, -0.1) is 0 Å². The first-order valence-electron chi connectivity index (χ1n) is 8.96. The second kappa shape index (κ2) is 7.77. The summed E-state index contributed by atoms with van der Waals surface area (Å²) in [5.74, 6) is -1.57. The fourth-order valence-electron chi connectivity index (χ4n) is 3.28. The van der Waals surface area contributed by atoms with Crippen molar-refractivity contribution in [3.05, 3.63) is 98.7 Å². The van der Waals surface area contributed by atoms with Crippen LogP contribution in [0.3, 0.4) is 0 Å². The van der Waals surface area contributed by atoms with Crippen molar-refractivity contribution in [2.45, 2.75) is 12.7 Å². The summed E-state index contributed by atoms with van der Waals surface area (Å²) in [6.45, 7) is -0.184. The van der Waals surface area contributed by atoms with Gasteiger partial charge in [0.25, 0.3) is 0 Å².